The van der Waals surface area contributed by atoms with Crippen molar-refractivity contribution in [1.82, 2.24) is 10.3 Å². The lowest BCUT2D eigenvalue weighted by atomic mass is 10.00. The van der Waals surface area contributed by atoms with Crippen LogP contribution in [0.4, 0.5) is 0 Å². The Labute approximate surface area is 122 Å². The number of nitriles is 3. The molecule has 1 fully saturated rings. The molecule has 0 bridgehead atoms. The summed E-state index contributed by atoms with van der Waals surface area (Å²) in [5, 5.41) is 29.4. The van der Waals surface area contributed by atoms with Gasteiger partial charge in [-0.2, -0.15) is 15.8 Å². The highest BCUT2D eigenvalue weighted by molar-refractivity contribution is 5.45. The first-order valence-corrected chi connectivity index (χ1v) is 6.35. The number of hydrogen-bond donors (Lipinski definition) is 2. The average Bonchev–Trinajstić information content (AvgIpc) is 2.50. The van der Waals surface area contributed by atoms with Crippen molar-refractivity contribution in [2.24, 2.45) is 0 Å². The highest BCUT2D eigenvalue weighted by Gasteiger charge is 2.17. The van der Waals surface area contributed by atoms with Gasteiger partial charge in [0.1, 0.15) is 6.07 Å². The van der Waals surface area contributed by atoms with E-state index in [-0.39, 0.29) is 11.3 Å². The molecule has 1 aromatic rings. The zero-order chi connectivity index (χ0) is 15.7. The largest absolute Gasteiger partial charge is 0.379 e. The van der Waals surface area contributed by atoms with E-state index in [4.69, 9.17) is 20.5 Å². The summed E-state index contributed by atoms with van der Waals surface area (Å²) in [7, 11) is 0. The van der Waals surface area contributed by atoms with Crippen LogP contribution < -0.4 is 10.9 Å². The normalized spacial score (nSPS) is 13.3. The second-order valence-electron chi connectivity index (χ2n) is 4.27. The van der Waals surface area contributed by atoms with Crippen LogP contribution in [-0.4, -0.2) is 31.3 Å². The molecule has 7 nitrogen and oxygen atoms in total. The molecule has 7 heteroatoms. The first-order valence-electron chi connectivity index (χ1n) is 6.35. The number of ether oxygens (including phenoxy) is 1. The summed E-state index contributed by atoms with van der Waals surface area (Å²) in [6, 6.07) is 6.56. The highest BCUT2D eigenvalue weighted by atomic mass is 16.5. The van der Waals surface area contributed by atoms with E-state index in [0.717, 1.165) is 26.3 Å². The minimum Gasteiger partial charge on any atom is -0.379 e. The van der Waals surface area contributed by atoms with Crippen LogP contribution in [0.3, 0.4) is 0 Å². The molecule has 0 unspecified atom stereocenters. The smallest absolute Gasteiger partial charge is 0.248 e. The topological polar surface area (TPSA) is 125 Å². The van der Waals surface area contributed by atoms with Crippen LogP contribution in [0, 0.1) is 40.9 Å². The van der Waals surface area contributed by atoms with Gasteiger partial charge in [0.2, 0.25) is 5.56 Å². The molecule has 0 aliphatic carbocycles. The summed E-state index contributed by atoms with van der Waals surface area (Å²) in [6.07, 6.45) is 0. The molecule has 1 aliphatic heterocycles. The first-order chi connectivity index (χ1) is 10.1. The molecule has 2 rings (SSSR count). The zero-order valence-electron chi connectivity index (χ0n) is 11.6. The number of nitrogens with zero attached hydrogens (tertiary/aromatic N) is 3. The maximum absolute atomic E-state index is 11.1. The van der Waals surface area contributed by atoms with Gasteiger partial charge in [-0.15, -0.1) is 0 Å². The molecule has 21 heavy (non-hydrogen) atoms. The second-order valence-corrected chi connectivity index (χ2v) is 4.27. The molecular formula is C14H15N5O2. The second kappa shape index (κ2) is 8.50. The van der Waals surface area contributed by atoms with Crippen molar-refractivity contribution in [2.75, 3.05) is 26.3 Å². The average molecular weight is 285 g/mol. The Morgan fingerprint density at radius 2 is 1.86 bits per heavy atom. The molecule has 0 aromatic carbocycles. The standard InChI is InChI=1S/C10H6N4O.C4H9NO/c1-6-2-9(15)14-10(8(6)5-13)7(3-11)4-12;1-3-6-4-2-5-1/h2,7H,1H3,(H,14,15);5H,1-4H2. The Bertz CT molecular complexity index is 630. The third-order valence-corrected chi connectivity index (χ3v) is 2.77. The molecule has 0 radical (unpaired) electrons. The highest BCUT2D eigenvalue weighted by Crippen LogP contribution is 2.17. The Morgan fingerprint density at radius 1 is 1.24 bits per heavy atom. The Kier molecular flexibility index (Phi) is 6.63. The molecule has 1 saturated heterocycles. The van der Waals surface area contributed by atoms with E-state index in [2.05, 4.69) is 10.3 Å². The molecular weight excluding hydrogens is 270 g/mol. The maximum Gasteiger partial charge on any atom is 0.248 e. The van der Waals surface area contributed by atoms with Gasteiger partial charge >= 0.3 is 0 Å². The van der Waals surface area contributed by atoms with Crippen molar-refractivity contribution < 1.29 is 4.74 Å². The van der Waals surface area contributed by atoms with Crippen LogP contribution >= 0.6 is 0 Å². The SMILES string of the molecule is C1COCCN1.Cc1cc(=O)[nH]c(C(C#N)C#N)c1C#N. The van der Waals surface area contributed by atoms with Crippen molar-refractivity contribution in [3.8, 4) is 18.2 Å². The van der Waals surface area contributed by atoms with E-state index >= 15 is 0 Å². The summed E-state index contributed by atoms with van der Waals surface area (Å²) in [5.74, 6) is -1.12. The molecule has 0 spiro atoms. The summed E-state index contributed by atoms with van der Waals surface area (Å²) in [4.78, 5) is 13.5. The molecule has 1 aromatic heterocycles. The van der Waals surface area contributed by atoms with Crippen LogP contribution in [0.25, 0.3) is 0 Å². The van der Waals surface area contributed by atoms with Gasteiger partial charge < -0.3 is 15.0 Å². The molecule has 0 saturated carbocycles. The fourth-order valence-corrected chi connectivity index (χ4v) is 1.75. The number of pyridine rings is 1. The van der Waals surface area contributed by atoms with Gasteiger partial charge in [-0.1, -0.05) is 0 Å². The van der Waals surface area contributed by atoms with E-state index in [1.165, 1.54) is 6.07 Å². The minimum absolute atomic E-state index is 0.0764. The number of aryl methyl sites for hydroxylation is 1. The van der Waals surface area contributed by atoms with Gasteiger partial charge in [-0.05, 0) is 12.5 Å². The summed E-state index contributed by atoms with van der Waals surface area (Å²) in [5.41, 5.74) is 0.305. The monoisotopic (exact) mass is 285 g/mol. The lowest BCUT2D eigenvalue weighted by Crippen LogP contribution is -2.30. The molecule has 0 amide bonds. The molecule has 0 atom stereocenters. The van der Waals surface area contributed by atoms with Crippen LogP contribution in [-0.2, 0) is 4.74 Å². The number of H-pyrrole nitrogens is 1. The quantitative estimate of drug-likeness (QED) is 0.764. The summed E-state index contributed by atoms with van der Waals surface area (Å²) >= 11 is 0. The first kappa shape index (κ1) is 16.4. The van der Waals surface area contributed by atoms with Crippen molar-refractivity contribution in [3.05, 3.63) is 33.2 Å². The third-order valence-electron chi connectivity index (χ3n) is 2.77. The summed E-state index contributed by atoms with van der Waals surface area (Å²) < 4.78 is 5.01. The Morgan fingerprint density at radius 3 is 2.24 bits per heavy atom. The number of aromatic nitrogens is 1. The zero-order valence-corrected chi connectivity index (χ0v) is 11.6. The van der Waals surface area contributed by atoms with Gasteiger partial charge in [0, 0.05) is 19.2 Å². The van der Waals surface area contributed by atoms with E-state index in [9.17, 15) is 4.79 Å². The summed E-state index contributed by atoms with van der Waals surface area (Å²) in [6.45, 7) is 5.42. The van der Waals surface area contributed by atoms with Gasteiger partial charge in [0.25, 0.3) is 0 Å². The van der Waals surface area contributed by atoms with Crippen molar-refractivity contribution >= 4 is 0 Å². The lowest BCUT2D eigenvalue weighted by Gasteiger charge is -2.10. The maximum atomic E-state index is 11.1. The fourth-order valence-electron chi connectivity index (χ4n) is 1.75. The third kappa shape index (κ3) is 4.74. The number of nitrogens with one attached hydrogen (secondary N) is 2. The van der Waals surface area contributed by atoms with Crippen molar-refractivity contribution in [2.45, 2.75) is 12.8 Å². The van der Waals surface area contributed by atoms with Crippen LogP contribution in [0.5, 0.6) is 0 Å². The van der Waals surface area contributed by atoms with Gasteiger partial charge in [-0.25, -0.2) is 0 Å². The van der Waals surface area contributed by atoms with Gasteiger partial charge in [-0.3, -0.25) is 4.79 Å². The van der Waals surface area contributed by atoms with Crippen LogP contribution in [0.15, 0.2) is 10.9 Å². The van der Waals surface area contributed by atoms with E-state index < -0.39 is 11.5 Å². The molecule has 2 heterocycles. The van der Waals surface area contributed by atoms with Crippen molar-refractivity contribution in [3.63, 3.8) is 0 Å². The van der Waals surface area contributed by atoms with Gasteiger partial charge in [0.15, 0.2) is 5.92 Å². The number of morpholine rings is 1. The minimum atomic E-state index is -1.12. The predicted octanol–water partition coefficient (Wildman–Crippen LogP) is 0.292. The molecule has 1 aliphatic rings. The fraction of sp³-hybridized carbons (Fsp3) is 0.429. The molecule has 108 valence electrons. The van der Waals surface area contributed by atoms with Crippen LogP contribution in [0.2, 0.25) is 0 Å². The van der Waals surface area contributed by atoms with E-state index in [1.54, 1.807) is 19.1 Å². The predicted molar refractivity (Wildman–Crippen MR) is 74.2 cm³/mol. The Hall–Kier alpha value is -2.66. The lowest BCUT2D eigenvalue weighted by molar-refractivity contribution is 0.109. The van der Waals surface area contributed by atoms with Crippen molar-refractivity contribution in [1.29, 1.82) is 15.8 Å². The molecule has 2 N–H and O–H groups in total. The van der Waals surface area contributed by atoms with Crippen LogP contribution in [0.1, 0.15) is 22.7 Å². The Balaban J connectivity index is 0.000000304. The van der Waals surface area contributed by atoms with E-state index in [1.807, 2.05) is 6.07 Å². The number of hydrogen-bond acceptors (Lipinski definition) is 6. The van der Waals surface area contributed by atoms with E-state index in [0.29, 0.717) is 5.56 Å². The van der Waals surface area contributed by atoms with Gasteiger partial charge in [0.05, 0.1) is 36.6 Å². The number of aromatic amines is 1. The number of rotatable bonds is 1.